The molecule has 0 aromatic heterocycles. The van der Waals surface area contributed by atoms with Gasteiger partial charge < -0.3 is 22.1 Å². The number of hydrogen-bond donors (Lipinski definition) is 4. The van der Waals surface area contributed by atoms with Crippen LogP contribution in [0, 0.1) is 5.92 Å². The van der Waals surface area contributed by atoms with Crippen molar-refractivity contribution in [3.05, 3.63) is 23.8 Å². The van der Waals surface area contributed by atoms with E-state index in [0.717, 1.165) is 43.5 Å². The van der Waals surface area contributed by atoms with E-state index in [2.05, 4.69) is 15.0 Å². The number of benzene rings is 1. The highest BCUT2D eigenvalue weighted by molar-refractivity contribution is 7.99. The molecule has 0 bridgehead atoms. The largest absolute Gasteiger partial charge is 0.373 e. The Morgan fingerprint density at radius 1 is 1.22 bits per heavy atom. The first kappa shape index (κ1) is 19.5. The quantitative estimate of drug-likeness (QED) is 0.534. The first-order chi connectivity index (χ1) is 12.9. The fourth-order valence-corrected chi connectivity index (χ4v) is 4.66. The van der Waals surface area contributed by atoms with Crippen LogP contribution in [0.25, 0.3) is 0 Å². The molecule has 3 rings (SSSR count). The molecule has 6 N–H and O–H groups in total. The van der Waals surface area contributed by atoms with Gasteiger partial charge in [0.1, 0.15) is 6.04 Å². The number of carbonyl (C=O) groups is 2. The molecule has 1 heterocycles. The number of nitrogens with two attached hydrogens (primary N) is 2. The van der Waals surface area contributed by atoms with Crippen LogP contribution in [0.4, 0.5) is 11.4 Å². The maximum absolute atomic E-state index is 12.0. The zero-order valence-electron chi connectivity index (χ0n) is 15.5. The molecule has 1 fully saturated rings. The summed E-state index contributed by atoms with van der Waals surface area (Å²) in [6.07, 6.45) is 6.26. The summed E-state index contributed by atoms with van der Waals surface area (Å²) < 4.78 is 4.32. The molecule has 1 aliphatic heterocycles. The molecule has 1 aliphatic carbocycles. The molecular weight excluding hydrogens is 362 g/mol. The highest BCUT2D eigenvalue weighted by Crippen LogP contribution is 2.31. The van der Waals surface area contributed by atoms with Crippen molar-refractivity contribution in [2.45, 2.75) is 56.9 Å². The van der Waals surface area contributed by atoms with Gasteiger partial charge >= 0.3 is 0 Å². The zero-order chi connectivity index (χ0) is 19.4. The third-order valence-electron chi connectivity index (χ3n) is 5.17. The van der Waals surface area contributed by atoms with Gasteiger partial charge in [-0.15, -0.1) is 0 Å². The number of anilines is 2. The molecule has 2 amide bonds. The molecule has 2 aliphatic rings. The van der Waals surface area contributed by atoms with Crippen LogP contribution in [0.5, 0.6) is 0 Å². The van der Waals surface area contributed by atoms with E-state index in [1.54, 1.807) is 12.1 Å². The molecule has 1 saturated carbocycles. The minimum atomic E-state index is -0.497. The van der Waals surface area contributed by atoms with Gasteiger partial charge in [0.25, 0.3) is 5.91 Å². The second kappa shape index (κ2) is 8.65. The summed E-state index contributed by atoms with van der Waals surface area (Å²) in [6, 6.07) is 4.86. The summed E-state index contributed by atoms with van der Waals surface area (Å²) in [4.78, 5) is 23.8. The molecule has 1 aromatic rings. The standard InChI is InChI=1S/C19H27N5O2S/c1-11-9-16(27-24-11)23-15-10-13(7-8-14(15)18(20)25)22-17(19(21)26)12-5-3-2-4-6-12/h7-8,10,12,16-17,22-23H,2-6,9H2,1H3,(H2,20,25)(H2,21,26)/t16?,17-/m1/s1. The van der Waals surface area contributed by atoms with Crippen molar-refractivity contribution in [1.29, 1.82) is 0 Å². The zero-order valence-corrected chi connectivity index (χ0v) is 16.3. The van der Waals surface area contributed by atoms with E-state index < -0.39 is 11.9 Å². The van der Waals surface area contributed by atoms with Gasteiger partial charge in [0.05, 0.1) is 10.9 Å². The number of hydrogen-bond acceptors (Lipinski definition) is 6. The lowest BCUT2D eigenvalue weighted by Gasteiger charge is -2.29. The predicted molar refractivity (Wildman–Crippen MR) is 111 cm³/mol. The van der Waals surface area contributed by atoms with E-state index in [9.17, 15) is 9.59 Å². The van der Waals surface area contributed by atoms with Gasteiger partial charge in [-0.05, 0) is 55.8 Å². The van der Waals surface area contributed by atoms with E-state index in [1.165, 1.54) is 18.4 Å². The molecule has 8 heteroatoms. The number of carbonyl (C=O) groups excluding carboxylic acids is 2. The molecule has 0 spiro atoms. The molecule has 2 atom stereocenters. The summed E-state index contributed by atoms with van der Waals surface area (Å²) in [7, 11) is 0. The Balaban J connectivity index is 1.79. The SMILES string of the molecule is CC1=NSC(Nc2cc(N[C@@H](C(N)=O)C3CCCCC3)ccc2C(N)=O)C1. The first-order valence-corrected chi connectivity index (χ1v) is 10.2. The molecule has 7 nitrogen and oxygen atoms in total. The molecule has 1 unspecified atom stereocenters. The van der Waals surface area contributed by atoms with Crippen molar-refractivity contribution < 1.29 is 9.59 Å². The number of primary amides is 2. The van der Waals surface area contributed by atoms with E-state index in [4.69, 9.17) is 11.5 Å². The van der Waals surface area contributed by atoms with Crippen LogP contribution in [0.15, 0.2) is 22.6 Å². The minimum absolute atomic E-state index is 0.0589. The number of nitrogens with zero attached hydrogens (tertiary/aromatic N) is 1. The lowest BCUT2D eigenvalue weighted by Crippen LogP contribution is -2.42. The predicted octanol–water partition coefficient (Wildman–Crippen LogP) is 2.88. The Bertz CT molecular complexity index is 746. The lowest BCUT2D eigenvalue weighted by molar-refractivity contribution is -0.120. The van der Waals surface area contributed by atoms with Crippen LogP contribution in [0.1, 0.15) is 55.8 Å². The maximum Gasteiger partial charge on any atom is 0.250 e. The van der Waals surface area contributed by atoms with Gasteiger partial charge in [-0.3, -0.25) is 9.59 Å². The number of nitrogens with one attached hydrogen (secondary N) is 2. The van der Waals surface area contributed by atoms with Crippen molar-refractivity contribution in [1.82, 2.24) is 0 Å². The summed E-state index contributed by atoms with van der Waals surface area (Å²) >= 11 is 1.44. The van der Waals surface area contributed by atoms with E-state index >= 15 is 0 Å². The van der Waals surface area contributed by atoms with E-state index in [1.807, 2.05) is 13.0 Å². The van der Waals surface area contributed by atoms with Crippen molar-refractivity contribution in [3.63, 3.8) is 0 Å². The highest BCUT2D eigenvalue weighted by Gasteiger charge is 2.28. The highest BCUT2D eigenvalue weighted by atomic mass is 32.2. The van der Waals surface area contributed by atoms with Gasteiger partial charge in [0.15, 0.2) is 0 Å². The maximum atomic E-state index is 12.0. The second-order valence-electron chi connectivity index (χ2n) is 7.32. The summed E-state index contributed by atoms with van der Waals surface area (Å²) in [5.41, 5.74) is 14.1. The van der Waals surface area contributed by atoms with E-state index in [0.29, 0.717) is 11.3 Å². The van der Waals surface area contributed by atoms with Gasteiger partial charge in [0, 0.05) is 23.5 Å². The molecule has 146 valence electrons. The van der Waals surface area contributed by atoms with Crippen molar-refractivity contribution in [3.8, 4) is 0 Å². The Labute approximate surface area is 163 Å². The molecule has 0 radical (unpaired) electrons. The van der Waals surface area contributed by atoms with Gasteiger partial charge in [-0.2, -0.15) is 0 Å². The molecule has 27 heavy (non-hydrogen) atoms. The van der Waals surface area contributed by atoms with Gasteiger partial charge in [-0.25, -0.2) is 4.40 Å². The second-order valence-corrected chi connectivity index (χ2v) is 8.28. The van der Waals surface area contributed by atoms with Gasteiger partial charge in [-0.1, -0.05) is 19.3 Å². The van der Waals surface area contributed by atoms with E-state index in [-0.39, 0.29) is 17.2 Å². The lowest BCUT2D eigenvalue weighted by atomic mass is 9.83. The normalized spacial score (nSPS) is 21.4. The van der Waals surface area contributed by atoms with Crippen molar-refractivity contribution in [2.24, 2.45) is 21.8 Å². The molecule has 0 saturated heterocycles. The number of rotatable bonds is 7. The van der Waals surface area contributed by atoms with Crippen LogP contribution in [-0.4, -0.2) is 28.9 Å². The summed E-state index contributed by atoms with van der Waals surface area (Å²) in [5.74, 6) is -0.598. The molecular formula is C19H27N5O2S. The van der Waals surface area contributed by atoms with Crippen LogP contribution >= 0.6 is 11.9 Å². The Morgan fingerprint density at radius 2 is 1.96 bits per heavy atom. The number of amides is 2. The first-order valence-electron chi connectivity index (χ1n) is 9.39. The summed E-state index contributed by atoms with van der Waals surface area (Å²) in [6.45, 7) is 1.98. The third-order valence-corrected chi connectivity index (χ3v) is 6.12. The topological polar surface area (TPSA) is 123 Å². The smallest absolute Gasteiger partial charge is 0.250 e. The Kier molecular flexibility index (Phi) is 6.26. The fraction of sp³-hybridized carbons (Fsp3) is 0.526. The van der Waals surface area contributed by atoms with Crippen LogP contribution in [-0.2, 0) is 4.79 Å². The van der Waals surface area contributed by atoms with Crippen molar-refractivity contribution >= 4 is 40.8 Å². The third kappa shape index (κ3) is 4.94. The Morgan fingerprint density at radius 3 is 2.56 bits per heavy atom. The summed E-state index contributed by atoms with van der Waals surface area (Å²) in [5, 5.41) is 6.68. The van der Waals surface area contributed by atoms with Crippen LogP contribution in [0.3, 0.4) is 0 Å². The van der Waals surface area contributed by atoms with Crippen LogP contribution in [0.2, 0.25) is 0 Å². The van der Waals surface area contributed by atoms with Crippen molar-refractivity contribution in [2.75, 3.05) is 10.6 Å². The monoisotopic (exact) mass is 389 g/mol. The average molecular weight is 390 g/mol. The average Bonchev–Trinajstić information content (AvgIpc) is 3.05. The van der Waals surface area contributed by atoms with Crippen LogP contribution < -0.4 is 22.1 Å². The fourth-order valence-electron chi connectivity index (χ4n) is 3.78. The molecule has 1 aromatic carbocycles. The Hall–Kier alpha value is -2.22. The minimum Gasteiger partial charge on any atom is -0.373 e. The van der Waals surface area contributed by atoms with Gasteiger partial charge in [0.2, 0.25) is 5.91 Å².